The minimum Gasteiger partial charge on any atom is -0.338 e. The highest BCUT2D eigenvalue weighted by Gasteiger charge is 2.38. The van der Waals surface area contributed by atoms with Gasteiger partial charge in [0.05, 0.1) is 0 Å². The summed E-state index contributed by atoms with van der Waals surface area (Å²) in [6.07, 6.45) is 3.85. The number of benzene rings is 1. The van der Waals surface area contributed by atoms with Crippen molar-refractivity contribution < 1.29 is 9.59 Å². The van der Waals surface area contributed by atoms with Gasteiger partial charge in [-0.25, -0.2) is 4.79 Å². The molecule has 2 atom stereocenters. The van der Waals surface area contributed by atoms with Crippen LogP contribution in [-0.2, 0) is 0 Å². The van der Waals surface area contributed by atoms with Crippen molar-refractivity contribution >= 4 is 17.6 Å². The van der Waals surface area contributed by atoms with Crippen LogP contribution in [0.2, 0.25) is 0 Å². The lowest BCUT2D eigenvalue weighted by atomic mass is 10.0. The highest BCUT2D eigenvalue weighted by Crippen LogP contribution is 2.38. The molecule has 5 heteroatoms. The van der Waals surface area contributed by atoms with E-state index in [0.717, 1.165) is 29.9 Å². The van der Waals surface area contributed by atoms with Crippen molar-refractivity contribution in [1.82, 2.24) is 10.2 Å². The molecule has 1 N–H and O–H groups in total. The SMILES string of the molecule is Cc1c(C(=O)N2CC3CCCC3C2)cccc1N1CCNC1=O. The van der Waals surface area contributed by atoms with Crippen LogP contribution < -0.4 is 10.2 Å². The number of hydrogen-bond acceptors (Lipinski definition) is 2. The first kappa shape index (κ1) is 14.5. The van der Waals surface area contributed by atoms with Gasteiger partial charge in [0.15, 0.2) is 0 Å². The second-order valence-corrected chi connectivity index (χ2v) is 6.99. The molecule has 3 fully saturated rings. The summed E-state index contributed by atoms with van der Waals surface area (Å²) in [6.45, 7) is 5.07. The van der Waals surface area contributed by atoms with Crippen LogP contribution in [-0.4, -0.2) is 43.0 Å². The van der Waals surface area contributed by atoms with Crippen molar-refractivity contribution in [1.29, 1.82) is 0 Å². The van der Waals surface area contributed by atoms with Gasteiger partial charge < -0.3 is 10.2 Å². The van der Waals surface area contributed by atoms with Gasteiger partial charge >= 0.3 is 6.03 Å². The Kier molecular flexibility index (Phi) is 3.51. The van der Waals surface area contributed by atoms with Gasteiger partial charge in [0, 0.05) is 37.4 Å². The quantitative estimate of drug-likeness (QED) is 0.911. The lowest BCUT2D eigenvalue weighted by Gasteiger charge is -2.22. The zero-order valence-corrected chi connectivity index (χ0v) is 13.5. The van der Waals surface area contributed by atoms with Crippen molar-refractivity contribution in [3.05, 3.63) is 29.3 Å². The maximum Gasteiger partial charge on any atom is 0.322 e. The number of nitrogens with zero attached hydrogens (tertiary/aromatic N) is 2. The molecule has 3 amide bonds. The van der Waals surface area contributed by atoms with Gasteiger partial charge in [-0.15, -0.1) is 0 Å². The van der Waals surface area contributed by atoms with E-state index in [0.29, 0.717) is 24.9 Å². The molecule has 2 unspecified atom stereocenters. The van der Waals surface area contributed by atoms with E-state index in [4.69, 9.17) is 0 Å². The Morgan fingerprint density at radius 3 is 2.61 bits per heavy atom. The number of anilines is 1. The van der Waals surface area contributed by atoms with Crippen LogP contribution >= 0.6 is 0 Å². The summed E-state index contributed by atoms with van der Waals surface area (Å²) in [6, 6.07) is 5.63. The molecule has 2 saturated heterocycles. The molecule has 23 heavy (non-hydrogen) atoms. The van der Waals surface area contributed by atoms with Crippen LogP contribution in [0.1, 0.15) is 35.2 Å². The minimum atomic E-state index is -0.0756. The molecule has 4 rings (SSSR count). The van der Waals surface area contributed by atoms with Gasteiger partial charge in [0.2, 0.25) is 0 Å². The van der Waals surface area contributed by atoms with Crippen LogP contribution in [0, 0.1) is 18.8 Å². The molecule has 0 radical (unpaired) electrons. The number of urea groups is 1. The number of rotatable bonds is 2. The topological polar surface area (TPSA) is 52.7 Å². The average Bonchev–Trinajstić information content (AvgIpc) is 3.22. The zero-order chi connectivity index (χ0) is 16.0. The molecule has 122 valence electrons. The van der Waals surface area contributed by atoms with Gasteiger partial charge in [0.1, 0.15) is 0 Å². The van der Waals surface area contributed by atoms with E-state index in [2.05, 4.69) is 5.32 Å². The Morgan fingerprint density at radius 1 is 1.22 bits per heavy atom. The first-order valence-corrected chi connectivity index (χ1v) is 8.59. The number of nitrogens with one attached hydrogen (secondary N) is 1. The monoisotopic (exact) mass is 313 g/mol. The third-order valence-corrected chi connectivity index (χ3v) is 5.70. The maximum atomic E-state index is 13.0. The molecule has 0 bridgehead atoms. The van der Waals surface area contributed by atoms with Crippen LogP contribution in [0.3, 0.4) is 0 Å². The summed E-state index contributed by atoms with van der Waals surface area (Å²) in [4.78, 5) is 28.6. The zero-order valence-electron chi connectivity index (χ0n) is 13.5. The van der Waals surface area contributed by atoms with Gasteiger partial charge in [-0.2, -0.15) is 0 Å². The van der Waals surface area contributed by atoms with Crippen LogP contribution in [0.4, 0.5) is 10.5 Å². The maximum absolute atomic E-state index is 13.0. The van der Waals surface area contributed by atoms with Crippen molar-refractivity contribution in [2.45, 2.75) is 26.2 Å². The lowest BCUT2D eigenvalue weighted by molar-refractivity contribution is 0.0780. The molecule has 2 aliphatic heterocycles. The van der Waals surface area contributed by atoms with Crippen LogP contribution in [0.15, 0.2) is 18.2 Å². The second-order valence-electron chi connectivity index (χ2n) is 6.99. The molecular formula is C18H23N3O2. The standard InChI is InChI=1S/C18H23N3O2/c1-12-15(6-3-7-16(12)21-9-8-19-18(21)23)17(22)20-10-13-4-2-5-14(13)11-20/h3,6-7,13-14H,2,4-5,8-11H2,1H3,(H,19,23). The molecule has 1 saturated carbocycles. The molecule has 1 aliphatic carbocycles. The van der Waals surface area contributed by atoms with E-state index in [-0.39, 0.29) is 11.9 Å². The minimum absolute atomic E-state index is 0.0756. The highest BCUT2D eigenvalue weighted by atomic mass is 16.2. The van der Waals surface area contributed by atoms with Gasteiger partial charge in [-0.05, 0) is 49.3 Å². The van der Waals surface area contributed by atoms with Gasteiger partial charge in [-0.1, -0.05) is 12.5 Å². The fourth-order valence-electron chi connectivity index (χ4n) is 4.42. The summed E-state index contributed by atoms with van der Waals surface area (Å²) < 4.78 is 0. The molecule has 1 aromatic rings. The largest absolute Gasteiger partial charge is 0.338 e. The van der Waals surface area contributed by atoms with E-state index in [1.807, 2.05) is 30.0 Å². The summed E-state index contributed by atoms with van der Waals surface area (Å²) >= 11 is 0. The number of carbonyl (C=O) groups excluding carboxylic acids is 2. The molecule has 0 aromatic heterocycles. The van der Waals surface area contributed by atoms with Crippen LogP contribution in [0.5, 0.6) is 0 Å². The van der Waals surface area contributed by atoms with Crippen molar-refractivity contribution in [2.75, 3.05) is 31.1 Å². The predicted octanol–water partition coefficient (Wildman–Crippen LogP) is 2.40. The van der Waals surface area contributed by atoms with E-state index in [1.54, 1.807) is 4.90 Å². The number of hydrogen-bond donors (Lipinski definition) is 1. The first-order valence-electron chi connectivity index (χ1n) is 8.59. The summed E-state index contributed by atoms with van der Waals surface area (Å²) in [5, 5.41) is 2.82. The average molecular weight is 313 g/mol. The molecule has 2 heterocycles. The fourth-order valence-corrected chi connectivity index (χ4v) is 4.42. The Bertz CT molecular complexity index is 646. The van der Waals surface area contributed by atoms with Crippen molar-refractivity contribution in [2.24, 2.45) is 11.8 Å². The van der Waals surface area contributed by atoms with E-state index in [9.17, 15) is 9.59 Å². The van der Waals surface area contributed by atoms with Crippen molar-refractivity contribution in [3.8, 4) is 0 Å². The number of carbonyl (C=O) groups is 2. The number of likely N-dealkylation sites (tertiary alicyclic amines) is 1. The molecule has 5 nitrogen and oxygen atoms in total. The number of fused-ring (bicyclic) bond motifs is 1. The highest BCUT2D eigenvalue weighted by molar-refractivity contribution is 6.00. The first-order chi connectivity index (χ1) is 11.1. The summed E-state index contributed by atoms with van der Waals surface area (Å²) in [7, 11) is 0. The summed E-state index contributed by atoms with van der Waals surface area (Å²) in [5.41, 5.74) is 2.50. The Morgan fingerprint density at radius 2 is 1.96 bits per heavy atom. The van der Waals surface area contributed by atoms with E-state index in [1.165, 1.54) is 19.3 Å². The molecular weight excluding hydrogens is 290 g/mol. The van der Waals surface area contributed by atoms with E-state index < -0.39 is 0 Å². The molecule has 1 aromatic carbocycles. The smallest absolute Gasteiger partial charge is 0.322 e. The normalized spacial score (nSPS) is 26.6. The van der Waals surface area contributed by atoms with Crippen LogP contribution in [0.25, 0.3) is 0 Å². The Labute approximate surface area is 136 Å². The fraction of sp³-hybridized carbons (Fsp3) is 0.556. The second kappa shape index (κ2) is 5.55. The summed E-state index contributed by atoms with van der Waals surface area (Å²) in [5.74, 6) is 1.52. The van der Waals surface area contributed by atoms with E-state index >= 15 is 0 Å². The molecule has 0 spiro atoms. The third kappa shape index (κ3) is 2.38. The van der Waals surface area contributed by atoms with Gasteiger partial charge in [0.25, 0.3) is 5.91 Å². The van der Waals surface area contributed by atoms with Crippen molar-refractivity contribution in [3.63, 3.8) is 0 Å². The Hall–Kier alpha value is -2.04. The Balaban J connectivity index is 1.59. The molecule has 3 aliphatic rings. The lowest BCUT2D eigenvalue weighted by Crippen LogP contribution is -2.32. The van der Waals surface area contributed by atoms with Gasteiger partial charge in [-0.3, -0.25) is 9.69 Å². The third-order valence-electron chi connectivity index (χ3n) is 5.70. The number of amides is 3. The predicted molar refractivity (Wildman–Crippen MR) is 88.7 cm³/mol.